The Morgan fingerprint density at radius 3 is 2.67 bits per heavy atom. The van der Waals surface area contributed by atoms with Gasteiger partial charge in [0, 0.05) is 19.1 Å². The molecule has 0 aromatic heterocycles. The van der Waals surface area contributed by atoms with Gasteiger partial charge in [0.25, 0.3) is 0 Å². The molecule has 0 bridgehead atoms. The number of hydrogen-bond acceptors (Lipinski definition) is 3. The average Bonchev–Trinajstić information content (AvgIpc) is 2.76. The van der Waals surface area contributed by atoms with Crippen molar-refractivity contribution in [3.8, 4) is 0 Å². The van der Waals surface area contributed by atoms with Crippen molar-refractivity contribution < 1.29 is 14.7 Å². The second-order valence-corrected chi connectivity index (χ2v) is 5.89. The number of amides is 1. The highest BCUT2D eigenvalue weighted by atomic mass is 16.4. The van der Waals surface area contributed by atoms with E-state index in [9.17, 15) is 9.59 Å². The third kappa shape index (κ3) is 2.36. The molecule has 102 valence electrons. The van der Waals surface area contributed by atoms with E-state index in [0.29, 0.717) is 19.4 Å². The van der Waals surface area contributed by atoms with E-state index in [4.69, 9.17) is 5.11 Å². The van der Waals surface area contributed by atoms with Crippen molar-refractivity contribution in [3.05, 3.63) is 0 Å². The lowest BCUT2D eigenvalue weighted by Crippen LogP contribution is -2.51. The monoisotopic (exact) mass is 254 g/mol. The molecule has 2 aliphatic heterocycles. The zero-order valence-electron chi connectivity index (χ0n) is 11.1. The first-order valence-corrected chi connectivity index (χ1v) is 6.68. The Bertz CT molecular complexity index is 350. The van der Waals surface area contributed by atoms with E-state index in [1.54, 1.807) is 0 Å². The minimum atomic E-state index is -0.734. The predicted octanol–water partition coefficient (Wildman–Crippen LogP) is 0.698. The minimum Gasteiger partial charge on any atom is -0.481 e. The number of hydrogen-bond donors (Lipinski definition) is 2. The Balaban J connectivity index is 2.02. The molecule has 3 atom stereocenters. The lowest BCUT2D eigenvalue weighted by atomic mass is 9.84. The molecule has 1 amide bonds. The summed E-state index contributed by atoms with van der Waals surface area (Å²) in [5.74, 6) is -0.843. The highest BCUT2D eigenvalue weighted by Crippen LogP contribution is 2.31. The van der Waals surface area contributed by atoms with Gasteiger partial charge in [0.05, 0.1) is 11.3 Å². The third-order valence-corrected chi connectivity index (χ3v) is 4.37. The molecule has 2 aliphatic rings. The van der Waals surface area contributed by atoms with Crippen molar-refractivity contribution in [1.29, 1.82) is 0 Å². The minimum absolute atomic E-state index is 0.0322. The first kappa shape index (κ1) is 13.3. The molecule has 2 saturated heterocycles. The maximum Gasteiger partial charge on any atom is 0.306 e. The number of piperidine rings is 1. The molecular formula is C13H22N2O3. The van der Waals surface area contributed by atoms with Gasteiger partial charge in [-0.2, -0.15) is 0 Å². The van der Waals surface area contributed by atoms with E-state index in [1.807, 2.05) is 18.7 Å². The van der Waals surface area contributed by atoms with Crippen LogP contribution in [0.25, 0.3) is 0 Å². The van der Waals surface area contributed by atoms with Gasteiger partial charge in [-0.15, -0.1) is 0 Å². The second-order valence-electron chi connectivity index (χ2n) is 5.89. The fourth-order valence-electron chi connectivity index (χ4n) is 3.04. The van der Waals surface area contributed by atoms with Gasteiger partial charge in [0.1, 0.15) is 0 Å². The zero-order chi connectivity index (χ0) is 13.3. The number of carboxylic acids is 1. The van der Waals surface area contributed by atoms with Crippen LogP contribution in [0.5, 0.6) is 0 Å². The molecule has 2 fully saturated rings. The number of nitrogens with one attached hydrogen (secondary N) is 1. The summed E-state index contributed by atoms with van der Waals surface area (Å²) >= 11 is 0. The van der Waals surface area contributed by atoms with E-state index in [1.165, 1.54) is 0 Å². The van der Waals surface area contributed by atoms with Crippen molar-refractivity contribution in [3.63, 3.8) is 0 Å². The summed E-state index contributed by atoms with van der Waals surface area (Å²) in [6.07, 6.45) is 2.02. The molecule has 2 N–H and O–H groups in total. The van der Waals surface area contributed by atoms with E-state index in [2.05, 4.69) is 5.32 Å². The van der Waals surface area contributed by atoms with Crippen LogP contribution in [0.2, 0.25) is 0 Å². The number of likely N-dealkylation sites (tertiary alicyclic amines) is 1. The van der Waals surface area contributed by atoms with Crippen LogP contribution in [0.1, 0.15) is 33.1 Å². The zero-order valence-corrected chi connectivity index (χ0v) is 11.1. The lowest BCUT2D eigenvalue weighted by Gasteiger charge is -2.40. The maximum atomic E-state index is 12.5. The molecule has 5 nitrogen and oxygen atoms in total. The molecule has 2 rings (SSSR count). The first-order valence-electron chi connectivity index (χ1n) is 6.68. The lowest BCUT2D eigenvalue weighted by molar-refractivity contribution is -0.151. The van der Waals surface area contributed by atoms with Crippen LogP contribution in [-0.2, 0) is 9.59 Å². The third-order valence-electron chi connectivity index (χ3n) is 4.37. The van der Waals surface area contributed by atoms with Crippen LogP contribution in [0, 0.1) is 11.3 Å². The summed E-state index contributed by atoms with van der Waals surface area (Å²) in [5.41, 5.74) is -0.301. The smallest absolute Gasteiger partial charge is 0.306 e. The number of rotatable bonds is 2. The fourth-order valence-corrected chi connectivity index (χ4v) is 3.04. The van der Waals surface area contributed by atoms with Crippen molar-refractivity contribution in [1.82, 2.24) is 10.2 Å². The van der Waals surface area contributed by atoms with Crippen LogP contribution in [0.3, 0.4) is 0 Å². The second kappa shape index (κ2) is 4.88. The summed E-state index contributed by atoms with van der Waals surface area (Å²) in [7, 11) is 0. The summed E-state index contributed by atoms with van der Waals surface area (Å²) < 4.78 is 0. The van der Waals surface area contributed by atoms with E-state index < -0.39 is 5.97 Å². The van der Waals surface area contributed by atoms with Gasteiger partial charge in [-0.1, -0.05) is 0 Å². The van der Waals surface area contributed by atoms with Crippen LogP contribution < -0.4 is 5.32 Å². The van der Waals surface area contributed by atoms with Gasteiger partial charge >= 0.3 is 5.97 Å². The molecule has 3 unspecified atom stereocenters. The summed E-state index contributed by atoms with van der Waals surface area (Å²) in [5, 5.41) is 12.3. The molecule has 18 heavy (non-hydrogen) atoms. The van der Waals surface area contributed by atoms with Gasteiger partial charge in [-0.25, -0.2) is 0 Å². The average molecular weight is 254 g/mol. The van der Waals surface area contributed by atoms with Crippen LogP contribution in [0.15, 0.2) is 0 Å². The normalized spacial score (nSPS) is 36.7. The Kier molecular flexibility index (Phi) is 3.61. The Morgan fingerprint density at radius 2 is 2.17 bits per heavy atom. The molecule has 0 aromatic rings. The standard InChI is InChI=1S/C13H22N2O3/c1-9-7-10(11(16)17)3-6-15(9)12(18)13(2)4-5-14-8-13/h9-10,14H,3-8H2,1-2H3,(H,16,17). The van der Waals surface area contributed by atoms with Crippen molar-refractivity contribution in [2.24, 2.45) is 11.3 Å². The maximum absolute atomic E-state index is 12.5. The van der Waals surface area contributed by atoms with Crippen molar-refractivity contribution >= 4 is 11.9 Å². The Morgan fingerprint density at radius 1 is 1.44 bits per heavy atom. The summed E-state index contributed by atoms with van der Waals surface area (Å²) in [6.45, 7) is 6.16. The van der Waals surface area contributed by atoms with Crippen LogP contribution in [-0.4, -0.2) is 47.6 Å². The van der Waals surface area contributed by atoms with Gasteiger partial charge in [0.15, 0.2) is 0 Å². The fraction of sp³-hybridized carbons (Fsp3) is 0.846. The first-order chi connectivity index (χ1) is 8.44. The number of carbonyl (C=O) groups excluding carboxylic acids is 1. The Labute approximate surface area is 108 Å². The largest absolute Gasteiger partial charge is 0.481 e. The topological polar surface area (TPSA) is 69.6 Å². The quantitative estimate of drug-likeness (QED) is 0.761. The van der Waals surface area contributed by atoms with Crippen LogP contribution in [0.4, 0.5) is 0 Å². The number of aliphatic carboxylic acids is 1. The summed E-state index contributed by atoms with van der Waals surface area (Å²) in [4.78, 5) is 25.4. The highest BCUT2D eigenvalue weighted by molar-refractivity contribution is 5.83. The predicted molar refractivity (Wildman–Crippen MR) is 67.1 cm³/mol. The van der Waals surface area contributed by atoms with Crippen LogP contribution >= 0.6 is 0 Å². The number of carboxylic acid groups (broad SMARTS) is 1. The molecule has 2 heterocycles. The van der Waals surface area contributed by atoms with E-state index in [0.717, 1.165) is 19.5 Å². The molecule has 0 saturated carbocycles. The molecule has 5 heteroatoms. The molecule has 0 spiro atoms. The molecule has 0 radical (unpaired) electrons. The SMILES string of the molecule is CC1CC(C(=O)O)CCN1C(=O)C1(C)CCNC1. The number of carbonyl (C=O) groups is 2. The van der Waals surface area contributed by atoms with Gasteiger partial charge in [0.2, 0.25) is 5.91 Å². The van der Waals surface area contributed by atoms with Gasteiger partial charge in [-0.05, 0) is 39.7 Å². The molecular weight excluding hydrogens is 232 g/mol. The van der Waals surface area contributed by atoms with Crippen molar-refractivity contribution in [2.45, 2.75) is 39.2 Å². The van der Waals surface area contributed by atoms with Gasteiger partial charge in [-0.3, -0.25) is 9.59 Å². The van der Waals surface area contributed by atoms with E-state index >= 15 is 0 Å². The van der Waals surface area contributed by atoms with Crippen molar-refractivity contribution in [2.75, 3.05) is 19.6 Å². The van der Waals surface area contributed by atoms with Gasteiger partial charge < -0.3 is 15.3 Å². The number of nitrogens with zero attached hydrogens (tertiary/aromatic N) is 1. The molecule has 0 aliphatic carbocycles. The van der Waals surface area contributed by atoms with E-state index in [-0.39, 0.29) is 23.3 Å². The summed E-state index contributed by atoms with van der Waals surface area (Å²) in [6, 6.07) is 0.0322. The Hall–Kier alpha value is -1.10. The highest BCUT2D eigenvalue weighted by Gasteiger charge is 2.42. The molecule has 0 aromatic carbocycles.